The Hall–Kier alpha value is -1.09. The minimum absolute atomic E-state index is 0.111. The van der Waals surface area contributed by atoms with Crippen molar-refractivity contribution in [3.8, 4) is 0 Å². The highest BCUT2D eigenvalue weighted by atomic mass is 79.9. The highest BCUT2D eigenvalue weighted by molar-refractivity contribution is 9.10. The van der Waals surface area contributed by atoms with E-state index in [0.29, 0.717) is 12.2 Å². The van der Waals surface area contributed by atoms with Gasteiger partial charge in [-0.2, -0.15) is 0 Å². The van der Waals surface area contributed by atoms with Crippen molar-refractivity contribution in [2.45, 2.75) is 52.4 Å². The van der Waals surface area contributed by atoms with E-state index in [1.807, 2.05) is 0 Å². The van der Waals surface area contributed by atoms with E-state index in [1.165, 1.54) is 16.5 Å². The van der Waals surface area contributed by atoms with Crippen molar-refractivity contribution in [1.29, 1.82) is 0 Å². The Morgan fingerprint density at radius 2 is 2.00 bits per heavy atom. The molecule has 0 unspecified atom stereocenters. The summed E-state index contributed by atoms with van der Waals surface area (Å²) >= 11 is 3.59. The number of benzene rings is 1. The Morgan fingerprint density at radius 1 is 1.30 bits per heavy atom. The molecule has 0 radical (unpaired) electrons. The van der Waals surface area contributed by atoms with Gasteiger partial charge in [0.1, 0.15) is 5.78 Å². The predicted molar refractivity (Wildman–Crippen MR) is 99.8 cm³/mol. The van der Waals surface area contributed by atoms with Gasteiger partial charge in [0.05, 0.1) is 0 Å². The second kappa shape index (κ2) is 5.47. The van der Waals surface area contributed by atoms with Crippen LogP contribution in [0.1, 0.15) is 52.5 Å². The highest BCUT2D eigenvalue weighted by Gasteiger charge is 2.43. The number of hydrogen-bond donors (Lipinski definition) is 0. The molecule has 3 heteroatoms. The van der Waals surface area contributed by atoms with Crippen molar-refractivity contribution in [2.24, 2.45) is 18.4 Å². The first kappa shape index (κ1) is 16.8. The van der Waals surface area contributed by atoms with Gasteiger partial charge in [-0.25, -0.2) is 0 Å². The van der Waals surface area contributed by atoms with Gasteiger partial charge in [0.15, 0.2) is 0 Å². The maximum absolute atomic E-state index is 12.8. The monoisotopic (exact) mass is 375 g/mol. The molecular formula is C20H26BrNO. The molecule has 23 heavy (non-hydrogen) atoms. The molecule has 0 amide bonds. The molecule has 2 nitrogen and oxygen atoms in total. The molecule has 2 aromatic rings. The third-order valence-corrected chi connectivity index (χ3v) is 6.16. The maximum Gasteiger partial charge on any atom is 0.137 e. The molecule has 1 aliphatic carbocycles. The summed E-state index contributed by atoms with van der Waals surface area (Å²) in [6.07, 6.45) is 5.03. The van der Waals surface area contributed by atoms with E-state index in [1.54, 1.807) is 0 Å². The third-order valence-electron chi connectivity index (χ3n) is 5.67. The second-order valence-corrected chi connectivity index (χ2v) is 9.35. The molecule has 3 rings (SSSR count). The second-order valence-electron chi connectivity index (χ2n) is 8.44. The number of carbonyl (C=O) groups excluding carboxylic acids is 1. The first-order chi connectivity index (χ1) is 10.6. The molecular weight excluding hydrogens is 350 g/mol. The van der Waals surface area contributed by atoms with E-state index < -0.39 is 0 Å². The Labute approximate surface area is 147 Å². The lowest BCUT2D eigenvalue weighted by Crippen LogP contribution is -2.40. The lowest BCUT2D eigenvalue weighted by Gasteiger charge is -2.41. The van der Waals surface area contributed by atoms with Crippen LogP contribution in [0.25, 0.3) is 10.9 Å². The zero-order valence-electron chi connectivity index (χ0n) is 14.7. The molecule has 1 fully saturated rings. The van der Waals surface area contributed by atoms with Crippen LogP contribution in [0.15, 0.2) is 28.9 Å². The van der Waals surface area contributed by atoms with Crippen LogP contribution in [-0.4, -0.2) is 10.4 Å². The third kappa shape index (κ3) is 2.88. The average Bonchev–Trinajstić information content (AvgIpc) is 2.74. The van der Waals surface area contributed by atoms with Gasteiger partial charge in [-0.3, -0.25) is 4.79 Å². The number of carbonyl (C=O) groups is 1. The van der Waals surface area contributed by atoms with Crippen molar-refractivity contribution < 1.29 is 4.79 Å². The smallest absolute Gasteiger partial charge is 0.137 e. The van der Waals surface area contributed by atoms with Crippen molar-refractivity contribution in [1.82, 2.24) is 4.57 Å². The summed E-state index contributed by atoms with van der Waals surface area (Å²) in [5.74, 6) is 0.540. The maximum atomic E-state index is 12.8. The molecule has 124 valence electrons. The molecule has 0 spiro atoms. The number of nitrogens with zero attached hydrogens (tertiary/aromatic N) is 1. The Morgan fingerprint density at radius 3 is 2.65 bits per heavy atom. The molecule has 1 aromatic heterocycles. The standard InChI is InChI=1S/C20H26BrNO/c1-19(2)9-8-15(18(23)11-19)20(3,4)16-12-22(5)17-7-6-13(21)10-14(16)17/h6-7,10,12,15H,8-9,11H2,1-5H3/t15-/m0/s1. The van der Waals surface area contributed by atoms with E-state index >= 15 is 0 Å². The molecule has 0 aliphatic heterocycles. The van der Waals surface area contributed by atoms with Crippen LogP contribution in [0, 0.1) is 11.3 Å². The van der Waals surface area contributed by atoms with E-state index in [-0.39, 0.29) is 16.7 Å². The number of hydrogen-bond acceptors (Lipinski definition) is 1. The lowest BCUT2D eigenvalue weighted by atomic mass is 9.62. The summed E-state index contributed by atoms with van der Waals surface area (Å²) in [4.78, 5) is 12.8. The number of fused-ring (bicyclic) bond motifs is 1. The molecule has 0 bridgehead atoms. The SMILES string of the molecule is Cn1cc(C(C)(C)[C@H]2CCC(C)(C)CC2=O)c2cc(Br)ccc21. The van der Waals surface area contributed by atoms with Gasteiger partial charge in [-0.15, -0.1) is 0 Å². The van der Waals surface area contributed by atoms with Gasteiger partial charge in [-0.1, -0.05) is 43.6 Å². The van der Waals surface area contributed by atoms with Gasteiger partial charge >= 0.3 is 0 Å². The van der Waals surface area contributed by atoms with E-state index in [9.17, 15) is 4.79 Å². The Kier molecular flexibility index (Phi) is 3.99. The van der Waals surface area contributed by atoms with E-state index in [0.717, 1.165) is 17.3 Å². The minimum atomic E-state index is -0.145. The fourth-order valence-electron chi connectivity index (χ4n) is 4.21. The topological polar surface area (TPSA) is 22.0 Å². The van der Waals surface area contributed by atoms with Crippen LogP contribution in [0.2, 0.25) is 0 Å². The van der Waals surface area contributed by atoms with Crippen LogP contribution in [0.4, 0.5) is 0 Å². The van der Waals surface area contributed by atoms with E-state index in [2.05, 4.69) is 79.6 Å². The molecule has 1 atom stereocenters. The van der Waals surface area contributed by atoms with Crippen molar-refractivity contribution in [3.63, 3.8) is 0 Å². The fourth-order valence-corrected chi connectivity index (χ4v) is 4.57. The van der Waals surface area contributed by atoms with Crippen LogP contribution in [0.5, 0.6) is 0 Å². The van der Waals surface area contributed by atoms with Crippen molar-refractivity contribution in [3.05, 3.63) is 34.4 Å². The zero-order chi connectivity index (χ0) is 17.0. The van der Waals surface area contributed by atoms with Crippen LogP contribution in [-0.2, 0) is 17.3 Å². The molecule has 1 aliphatic rings. The van der Waals surface area contributed by atoms with Crippen molar-refractivity contribution >= 4 is 32.6 Å². The quantitative estimate of drug-likeness (QED) is 0.667. The Bertz CT molecular complexity index is 769. The summed E-state index contributed by atoms with van der Waals surface area (Å²) in [5.41, 5.74) is 2.52. The first-order valence-electron chi connectivity index (χ1n) is 8.40. The lowest BCUT2D eigenvalue weighted by molar-refractivity contribution is -0.130. The number of aromatic nitrogens is 1. The van der Waals surface area contributed by atoms with Gasteiger partial charge < -0.3 is 4.57 Å². The van der Waals surface area contributed by atoms with Gasteiger partial charge in [-0.05, 0) is 42.0 Å². The highest BCUT2D eigenvalue weighted by Crippen LogP contribution is 2.46. The number of Topliss-reactive ketones (excluding diaryl/α,β-unsaturated/α-hetero) is 1. The van der Waals surface area contributed by atoms with E-state index in [4.69, 9.17) is 0 Å². The normalized spacial score (nSPS) is 21.8. The van der Waals surface area contributed by atoms with Crippen LogP contribution < -0.4 is 0 Å². The average molecular weight is 376 g/mol. The number of aryl methyl sites for hydroxylation is 1. The first-order valence-corrected chi connectivity index (χ1v) is 9.19. The predicted octanol–water partition coefficient (Wildman–Crippen LogP) is 5.61. The summed E-state index contributed by atoms with van der Waals surface area (Å²) < 4.78 is 3.26. The molecule has 1 aromatic carbocycles. The summed E-state index contributed by atoms with van der Waals surface area (Å²) in [7, 11) is 2.08. The number of halogens is 1. The molecule has 1 heterocycles. The summed E-state index contributed by atoms with van der Waals surface area (Å²) in [5, 5.41) is 1.25. The minimum Gasteiger partial charge on any atom is -0.350 e. The largest absolute Gasteiger partial charge is 0.350 e. The zero-order valence-corrected chi connectivity index (χ0v) is 16.3. The van der Waals surface area contributed by atoms with Crippen molar-refractivity contribution in [2.75, 3.05) is 0 Å². The fraction of sp³-hybridized carbons (Fsp3) is 0.550. The summed E-state index contributed by atoms with van der Waals surface area (Å²) in [6.45, 7) is 8.90. The Balaban J connectivity index is 2.06. The molecule has 0 N–H and O–H groups in total. The van der Waals surface area contributed by atoms with Crippen LogP contribution >= 0.6 is 15.9 Å². The number of ketones is 1. The van der Waals surface area contributed by atoms with Gasteiger partial charge in [0.2, 0.25) is 0 Å². The van der Waals surface area contributed by atoms with Gasteiger partial charge in [0, 0.05) is 46.4 Å². The van der Waals surface area contributed by atoms with Crippen LogP contribution in [0.3, 0.4) is 0 Å². The summed E-state index contributed by atoms with van der Waals surface area (Å²) in [6, 6.07) is 6.40. The van der Waals surface area contributed by atoms with Gasteiger partial charge in [0.25, 0.3) is 0 Å². The molecule has 1 saturated carbocycles. The number of rotatable bonds is 2. The molecule has 0 saturated heterocycles.